The van der Waals surface area contributed by atoms with E-state index in [9.17, 15) is 24.0 Å². The number of nitrogens with one attached hydrogen (secondary N) is 1. The van der Waals surface area contributed by atoms with Gasteiger partial charge < -0.3 is 10.4 Å². The van der Waals surface area contributed by atoms with Gasteiger partial charge in [0.15, 0.2) is 0 Å². The molecule has 19 heavy (non-hydrogen) atoms. The standard InChI is InChI=1S/C12H16F2N2O3/c1-2-3-9(17)7-15-6-8-4-12(16(18)19)11(14)5-10(8)13/h4-5,9,15,17H,2-3,6-7H2,1H3. The van der Waals surface area contributed by atoms with Gasteiger partial charge in [0, 0.05) is 30.8 Å². The largest absolute Gasteiger partial charge is 0.392 e. The van der Waals surface area contributed by atoms with Crippen LogP contribution in [0.1, 0.15) is 25.3 Å². The van der Waals surface area contributed by atoms with Crippen molar-refractivity contribution < 1.29 is 18.8 Å². The fourth-order valence-corrected chi connectivity index (χ4v) is 1.66. The molecular weight excluding hydrogens is 258 g/mol. The zero-order valence-corrected chi connectivity index (χ0v) is 10.5. The molecule has 1 rings (SSSR count). The summed E-state index contributed by atoms with van der Waals surface area (Å²) in [5.74, 6) is -2.04. The minimum Gasteiger partial charge on any atom is -0.392 e. The van der Waals surface area contributed by atoms with Crippen molar-refractivity contribution in [2.24, 2.45) is 0 Å². The van der Waals surface area contributed by atoms with Crippen molar-refractivity contribution in [3.8, 4) is 0 Å². The Kier molecular flexibility index (Phi) is 5.78. The van der Waals surface area contributed by atoms with E-state index in [0.717, 1.165) is 12.5 Å². The Bertz CT molecular complexity index is 455. The average molecular weight is 274 g/mol. The van der Waals surface area contributed by atoms with Gasteiger partial charge in [-0.05, 0) is 6.42 Å². The Labute approximate surface area is 109 Å². The number of nitrogens with zero attached hydrogens (tertiary/aromatic N) is 1. The lowest BCUT2D eigenvalue weighted by Crippen LogP contribution is -2.26. The van der Waals surface area contributed by atoms with Gasteiger partial charge in [-0.2, -0.15) is 4.39 Å². The zero-order valence-electron chi connectivity index (χ0n) is 10.5. The Balaban J connectivity index is 2.68. The van der Waals surface area contributed by atoms with Crippen LogP contribution in [0.3, 0.4) is 0 Å². The highest BCUT2D eigenvalue weighted by molar-refractivity contribution is 5.37. The third-order valence-corrected chi connectivity index (χ3v) is 2.63. The SMILES string of the molecule is CCCC(O)CNCc1cc([N+](=O)[O-])c(F)cc1F. The van der Waals surface area contributed by atoms with Crippen LogP contribution in [0, 0.1) is 21.7 Å². The molecular formula is C12H16F2N2O3. The van der Waals surface area contributed by atoms with Crippen molar-refractivity contribution in [2.45, 2.75) is 32.4 Å². The molecule has 0 bridgehead atoms. The van der Waals surface area contributed by atoms with Gasteiger partial charge in [0.25, 0.3) is 0 Å². The van der Waals surface area contributed by atoms with Crippen LogP contribution in [0.5, 0.6) is 0 Å². The molecule has 0 aliphatic rings. The van der Waals surface area contributed by atoms with E-state index in [-0.39, 0.29) is 18.7 Å². The summed E-state index contributed by atoms with van der Waals surface area (Å²) in [5.41, 5.74) is -0.760. The first-order valence-corrected chi connectivity index (χ1v) is 5.96. The van der Waals surface area contributed by atoms with Gasteiger partial charge in [-0.3, -0.25) is 10.1 Å². The second-order valence-corrected chi connectivity index (χ2v) is 4.23. The van der Waals surface area contributed by atoms with E-state index in [1.54, 1.807) is 0 Å². The zero-order chi connectivity index (χ0) is 14.4. The van der Waals surface area contributed by atoms with Crippen LogP contribution in [0.2, 0.25) is 0 Å². The predicted molar refractivity (Wildman–Crippen MR) is 65.6 cm³/mol. The molecule has 106 valence electrons. The highest BCUT2D eigenvalue weighted by atomic mass is 19.1. The average Bonchev–Trinajstić information content (AvgIpc) is 2.31. The van der Waals surface area contributed by atoms with Crippen LogP contribution in [-0.4, -0.2) is 22.7 Å². The van der Waals surface area contributed by atoms with Gasteiger partial charge in [-0.1, -0.05) is 13.3 Å². The molecule has 0 aliphatic carbocycles. The molecule has 7 heteroatoms. The van der Waals surface area contributed by atoms with E-state index < -0.39 is 28.3 Å². The normalized spacial score (nSPS) is 12.4. The summed E-state index contributed by atoms with van der Waals surface area (Å²) in [6, 6.07) is 1.36. The number of nitro groups is 1. The molecule has 1 aromatic rings. The lowest BCUT2D eigenvalue weighted by Gasteiger charge is -2.11. The van der Waals surface area contributed by atoms with Crippen LogP contribution in [0.25, 0.3) is 0 Å². The first-order valence-electron chi connectivity index (χ1n) is 5.96. The summed E-state index contributed by atoms with van der Waals surface area (Å²) < 4.78 is 26.5. The fraction of sp³-hybridized carbons (Fsp3) is 0.500. The smallest absolute Gasteiger partial charge is 0.305 e. The molecule has 1 unspecified atom stereocenters. The summed E-state index contributed by atoms with van der Waals surface area (Å²) in [5, 5.41) is 22.8. The molecule has 1 atom stereocenters. The van der Waals surface area contributed by atoms with E-state index in [2.05, 4.69) is 5.32 Å². The van der Waals surface area contributed by atoms with E-state index in [1.165, 1.54) is 0 Å². The lowest BCUT2D eigenvalue weighted by molar-refractivity contribution is -0.387. The van der Waals surface area contributed by atoms with Gasteiger partial charge in [-0.15, -0.1) is 0 Å². The minimum atomic E-state index is -1.20. The monoisotopic (exact) mass is 274 g/mol. The Morgan fingerprint density at radius 3 is 2.68 bits per heavy atom. The van der Waals surface area contributed by atoms with Gasteiger partial charge in [0.1, 0.15) is 5.82 Å². The van der Waals surface area contributed by atoms with E-state index in [0.29, 0.717) is 12.5 Å². The molecule has 0 fully saturated rings. The maximum atomic E-state index is 13.4. The number of aliphatic hydroxyl groups excluding tert-OH is 1. The van der Waals surface area contributed by atoms with Crippen molar-refractivity contribution >= 4 is 5.69 Å². The molecule has 0 radical (unpaired) electrons. The summed E-state index contributed by atoms with van der Waals surface area (Å²) in [6.45, 7) is 2.17. The minimum absolute atomic E-state index is 0.00296. The van der Waals surface area contributed by atoms with Crippen LogP contribution in [0.4, 0.5) is 14.5 Å². The second kappa shape index (κ2) is 7.10. The number of benzene rings is 1. The number of halogens is 2. The molecule has 0 heterocycles. The molecule has 0 saturated carbocycles. The molecule has 1 aromatic carbocycles. The van der Waals surface area contributed by atoms with Crippen molar-refractivity contribution in [3.05, 3.63) is 39.4 Å². The van der Waals surface area contributed by atoms with Crippen LogP contribution >= 0.6 is 0 Å². The second-order valence-electron chi connectivity index (χ2n) is 4.23. The van der Waals surface area contributed by atoms with Gasteiger partial charge in [0.2, 0.25) is 5.82 Å². The molecule has 2 N–H and O–H groups in total. The highest BCUT2D eigenvalue weighted by Gasteiger charge is 2.18. The molecule has 0 aromatic heterocycles. The number of rotatable bonds is 7. The first-order chi connectivity index (χ1) is 8.95. The number of hydrogen-bond donors (Lipinski definition) is 2. The van der Waals surface area contributed by atoms with Crippen molar-refractivity contribution in [3.63, 3.8) is 0 Å². The van der Waals surface area contributed by atoms with E-state index >= 15 is 0 Å². The van der Waals surface area contributed by atoms with Gasteiger partial charge >= 0.3 is 5.69 Å². The molecule has 0 amide bonds. The van der Waals surface area contributed by atoms with Crippen molar-refractivity contribution in [2.75, 3.05) is 6.54 Å². The number of aliphatic hydroxyl groups is 1. The molecule has 0 aliphatic heterocycles. The topological polar surface area (TPSA) is 75.4 Å². The van der Waals surface area contributed by atoms with Crippen molar-refractivity contribution in [1.29, 1.82) is 0 Å². The van der Waals surface area contributed by atoms with Crippen LogP contribution in [0.15, 0.2) is 12.1 Å². The Morgan fingerprint density at radius 1 is 1.42 bits per heavy atom. The third-order valence-electron chi connectivity index (χ3n) is 2.63. The van der Waals surface area contributed by atoms with Crippen LogP contribution in [-0.2, 0) is 6.54 Å². The van der Waals surface area contributed by atoms with Gasteiger partial charge in [-0.25, -0.2) is 4.39 Å². The molecule has 0 saturated heterocycles. The summed E-state index contributed by atoms with van der Waals surface area (Å²) in [6.07, 6.45) is 0.877. The van der Waals surface area contributed by atoms with E-state index in [1.807, 2.05) is 6.92 Å². The summed E-state index contributed by atoms with van der Waals surface area (Å²) in [4.78, 5) is 9.64. The predicted octanol–water partition coefficient (Wildman–Crippen LogP) is 2.12. The number of hydrogen-bond acceptors (Lipinski definition) is 4. The van der Waals surface area contributed by atoms with Gasteiger partial charge in [0.05, 0.1) is 11.0 Å². The summed E-state index contributed by atoms with van der Waals surface area (Å²) in [7, 11) is 0. The third kappa shape index (κ3) is 4.53. The maximum Gasteiger partial charge on any atom is 0.305 e. The molecule has 5 nitrogen and oxygen atoms in total. The Hall–Kier alpha value is -1.60. The van der Waals surface area contributed by atoms with Crippen molar-refractivity contribution in [1.82, 2.24) is 5.32 Å². The van der Waals surface area contributed by atoms with E-state index in [4.69, 9.17) is 0 Å². The number of nitro benzene ring substituents is 1. The highest BCUT2D eigenvalue weighted by Crippen LogP contribution is 2.21. The maximum absolute atomic E-state index is 13.4. The lowest BCUT2D eigenvalue weighted by atomic mass is 10.1. The summed E-state index contributed by atoms with van der Waals surface area (Å²) >= 11 is 0. The Morgan fingerprint density at radius 2 is 2.11 bits per heavy atom. The quantitative estimate of drug-likeness (QED) is 0.590. The fourth-order valence-electron chi connectivity index (χ4n) is 1.66. The van der Waals surface area contributed by atoms with Crippen LogP contribution < -0.4 is 5.32 Å². The molecule has 0 spiro atoms. The first kappa shape index (κ1) is 15.5.